The lowest BCUT2D eigenvalue weighted by Gasteiger charge is -2.26. The van der Waals surface area contributed by atoms with Gasteiger partial charge < -0.3 is 15.2 Å². The summed E-state index contributed by atoms with van der Waals surface area (Å²) in [4.78, 5) is 0. The number of unbranched alkanes of at least 4 members (excludes halogenated alkanes) is 7. The van der Waals surface area contributed by atoms with Crippen LogP contribution in [0.15, 0.2) is 0 Å². The van der Waals surface area contributed by atoms with Crippen LogP contribution in [-0.2, 0) is 4.74 Å². The van der Waals surface area contributed by atoms with Gasteiger partial charge in [0.2, 0.25) is 0 Å². The molecule has 114 valence electrons. The lowest BCUT2D eigenvalue weighted by molar-refractivity contribution is -0.0260. The zero-order valence-corrected chi connectivity index (χ0v) is 12.9. The van der Waals surface area contributed by atoms with Crippen molar-refractivity contribution in [1.29, 1.82) is 0 Å². The zero-order valence-electron chi connectivity index (χ0n) is 12.9. The van der Waals surface area contributed by atoms with Crippen molar-refractivity contribution in [3.05, 3.63) is 0 Å². The van der Waals surface area contributed by atoms with Crippen LogP contribution in [-0.4, -0.2) is 36.5 Å². The van der Waals surface area contributed by atoms with Gasteiger partial charge in [-0.1, -0.05) is 51.9 Å². The molecule has 1 saturated heterocycles. The Balaban J connectivity index is 1.86. The maximum Gasteiger partial charge on any atom is 0.105 e. The van der Waals surface area contributed by atoms with Crippen LogP contribution in [0.4, 0.5) is 0 Å². The molecule has 0 radical (unpaired) electrons. The van der Waals surface area contributed by atoms with Gasteiger partial charge in [0, 0.05) is 19.6 Å². The fourth-order valence-corrected chi connectivity index (χ4v) is 2.69. The van der Waals surface area contributed by atoms with Gasteiger partial charge in [0.15, 0.2) is 0 Å². The summed E-state index contributed by atoms with van der Waals surface area (Å²) in [5.41, 5.74) is -0.639. The number of hydrogen-bond donors (Lipinski definition) is 2. The third kappa shape index (κ3) is 6.73. The Morgan fingerprint density at radius 3 is 2.32 bits per heavy atom. The molecule has 2 atom stereocenters. The van der Waals surface area contributed by atoms with Crippen LogP contribution in [0.3, 0.4) is 0 Å². The molecular weight excluding hydrogens is 238 g/mol. The summed E-state index contributed by atoms with van der Waals surface area (Å²) < 4.78 is 5.42. The third-order valence-electron chi connectivity index (χ3n) is 4.30. The second-order valence-corrected chi connectivity index (χ2v) is 6.02. The maximum absolute atomic E-state index is 10.3. The molecule has 1 rings (SSSR count). The maximum atomic E-state index is 10.3. The van der Waals surface area contributed by atoms with Gasteiger partial charge in [-0.2, -0.15) is 0 Å². The van der Waals surface area contributed by atoms with Crippen molar-refractivity contribution in [3.63, 3.8) is 0 Å². The van der Waals surface area contributed by atoms with Crippen LogP contribution < -0.4 is 5.32 Å². The summed E-state index contributed by atoms with van der Waals surface area (Å²) in [6.45, 7) is 6.60. The average Bonchev–Trinajstić information content (AvgIpc) is 2.72. The minimum absolute atomic E-state index is 0.0291. The van der Waals surface area contributed by atoms with E-state index >= 15 is 0 Å². The van der Waals surface area contributed by atoms with E-state index in [1.54, 1.807) is 0 Å². The highest BCUT2D eigenvalue weighted by Gasteiger charge is 2.38. The van der Waals surface area contributed by atoms with Crippen molar-refractivity contribution in [2.75, 3.05) is 19.7 Å². The van der Waals surface area contributed by atoms with E-state index in [0.717, 1.165) is 13.0 Å². The highest BCUT2D eigenvalue weighted by molar-refractivity contribution is 4.91. The molecule has 2 unspecified atom stereocenters. The quantitative estimate of drug-likeness (QED) is 0.567. The van der Waals surface area contributed by atoms with Crippen molar-refractivity contribution in [1.82, 2.24) is 5.32 Å². The van der Waals surface area contributed by atoms with Gasteiger partial charge in [0.25, 0.3) is 0 Å². The normalized spacial score (nSPS) is 27.0. The van der Waals surface area contributed by atoms with E-state index in [0.29, 0.717) is 13.2 Å². The lowest BCUT2D eigenvalue weighted by atomic mass is 9.97. The van der Waals surface area contributed by atoms with E-state index < -0.39 is 5.60 Å². The molecule has 0 spiro atoms. The minimum atomic E-state index is -0.639. The van der Waals surface area contributed by atoms with Gasteiger partial charge in [-0.15, -0.1) is 0 Å². The van der Waals surface area contributed by atoms with Crippen molar-refractivity contribution in [2.24, 2.45) is 0 Å². The Kier molecular flexibility index (Phi) is 8.67. The van der Waals surface area contributed by atoms with E-state index in [-0.39, 0.29) is 6.10 Å². The zero-order chi connectivity index (χ0) is 14.0. The summed E-state index contributed by atoms with van der Waals surface area (Å²) in [5.74, 6) is 0. The van der Waals surface area contributed by atoms with Crippen LogP contribution in [0, 0.1) is 0 Å². The van der Waals surface area contributed by atoms with Crippen LogP contribution >= 0.6 is 0 Å². The standard InChI is InChI=1S/C16H33NO2/c1-3-4-5-6-7-8-9-10-12-17-14-16(18)11-13-19-15(16)2/h15,17-18H,3-14H2,1-2H3. The second-order valence-electron chi connectivity index (χ2n) is 6.02. The summed E-state index contributed by atoms with van der Waals surface area (Å²) >= 11 is 0. The molecule has 0 aromatic rings. The third-order valence-corrected chi connectivity index (χ3v) is 4.30. The fraction of sp³-hybridized carbons (Fsp3) is 1.00. The molecule has 1 aliphatic heterocycles. The topological polar surface area (TPSA) is 41.5 Å². The summed E-state index contributed by atoms with van der Waals surface area (Å²) in [5, 5.41) is 13.7. The first-order valence-electron chi connectivity index (χ1n) is 8.24. The summed E-state index contributed by atoms with van der Waals surface area (Å²) in [6, 6.07) is 0. The number of ether oxygens (including phenoxy) is 1. The van der Waals surface area contributed by atoms with Crippen LogP contribution in [0.5, 0.6) is 0 Å². The van der Waals surface area contributed by atoms with Crippen molar-refractivity contribution >= 4 is 0 Å². The van der Waals surface area contributed by atoms with Gasteiger partial charge in [0.1, 0.15) is 5.60 Å². The van der Waals surface area contributed by atoms with Gasteiger partial charge in [-0.3, -0.25) is 0 Å². The van der Waals surface area contributed by atoms with Crippen LogP contribution in [0.25, 0.3) is 0 Å². The number of rotatable bonds is 11. The molecule has 0 aromatic heterocycles. The Labute approximate surface area is 119 Å². The van der Waals surface area contributed by atoms with Gasteiger partial charge >= 0.3 is 0 Å². The molecule has 0 amide bonds. The molecule has 0 aromatic carbocycles. The number of hydrogen-bond acceptors (Lipinski definition) is 3. The largest absolute Gasteiger partial charge is 0.386 e. The van der Waals surface area contributed by atoms with E-state index in [2.05, 4.69) is 12.2 Å². The molecule has 0 saturated carbocycles. The first-order valence-corrected chi connectivity index (χ1v) is 8.24. The van der Waals surface area contributed by atoms with E-state index in [4.69, 9.17) is 4.74 Å². The van der Waals surface area contributed by atoms with Crippen LogP contribution in [0.2, 0.25) is 0 Å². The first-order chi connectivity index (χ1) is 9.19. The summed E-state index contributed by atoms with van der Waals surface area (Å²) in [7, 11) is 0. The molecule has 1 fully saturated rings. The highest BCUT2D eigenvalue weighted by atomic mass is 16.5. The van der Waals surface area contributed by atoms with Crippen molar-refractivity contribution in [3.8, 4) is 0 Å². The highest BCUT2D eigenvalue weighted by Crippen LogP contribution is 2.24. The van der Waals surface area contributed by atoms with Gasteiger partial charge in [-0.25, -0.2) is 0 Å². The van der Waals surface area contributed by atoms with Crippen molar-refractivity contribution < 1.29 is 9.84 Å². The van der Waals surface area contributed by atoms with E-state index in [1.165, 1.54) is 51.4 Å². The molecular formula is C16H33NO2. The second kappa shape index (κ2) is 9.73. The predicted octanol–water partition coefficient (Wildman–Crippen LogP) is 3.26. The molecule has 0 bridgehead atoms. The monoisotopic (exact) mass is 271 g/mol. The van der Waals surface area contributed by atoms with E-state index in [1.807, 2.05) is 6.92 Å². The van der Waals surface area contributed by atoms with Crippen molar-refractivity contribution in [2.45, 2.75) is 83.3 Å². The SMILES string of the molecule is CCCCCCCCCCNCC1(O)CCOC1C. The molecule has 0 aliphatic carbocycles. The molecule has 1 heterocycles. The first kappa shape index (κ1) is 16.9. The molecule has 3 nitrogen and oxygen atoms in total. The fourth-order valence-electron chi connectivity index (χ4n) is 2.69. The predicted molar refractivity (Wildman–Crippen MR) is 80.5 cm³/mol. The Hall–Kier alpha value is -0.120. The number of aliphatic hydroxyl groups is 1. The average molecular weight is 271 g/mol. The van der Waals surface area contributed by atoms with Gasteiger partial charge in [-0.05, 0) is 19.9 Å². The molecule has 2 N–H and O–H groups in total. The summed E-state index contributed by atoms with van der Waals surface area (Å²) in [6.07, 6.45) is 11.5. The van der Waals surface area contributed by atoms with Gasteiger partial charge in [0.05, 0.1) is 6.10 Å². The Morgan fingerprint density at radius 2 is 1.74 bits per heavy atom. The molecule has 1 aliphatic rings. The smallest absolute Gasteiger partial charge is 0.105 e. The molecule has 3 heteroatoms. The molecule has 19 heavy (non-hydrogen) atoms. The number of nitrogens with one attached hydrogen (secondary N) is 1. The minimum Gasteiger partial charge on any atom is -0.386 e. The lowest BCUT2D eigenvalue weighted by Crippen LogP contribution is -2.46. The van der Waals surface area contributed by atoms with E-state index in [9.17, 15) is 5.11 Å². The Bertz CT molecular complexity index is 223. The van der Waals surface area contributed by atoms with Crippen LogP contribution in [0.1, 0.15) is 71.6 Å². The Morgan fingerprint density at radius 1 is 1.11 bits per heavy atom.